The van der Waals surface area contributed by atoms with Gasteiger partial charge in [-0.05, 0) is 56.2 Å². The maximum Gasteiger partial charge on any atom is 0.275 e. The van der Waals surface area contributed by atoms with E-state index in [0.717, 1.165) is 0 Å². The standard InChI is InChI=1S/C22H28N2O/c1-16(18-8-4-3-5-9-18)23-15-22(25)24-17(2)20-13-12-19-10-6-7-11-21(19)14-20/h3-5,8-9,12-14,16-17,23H,6-7,10-11,15H2,1-2H3,(H,24,25)/p+1/t16-,17+/m1/s1. The number of quaternary nitrogens is 1. The summed E-state index contributed by atoms with van der Waals surface area (Å²) in [6, 6.07) is 17.4. The van der Waals surface area contributed by atoms with E-state index in [1.807, 2.05) is 18.2 Å². The number of fused-ring (bicyclic) bond motifs is 1. The van der Waals surface area contributed by atoms with E-state index in [2.05, 4.69) is 54.8 Å². The molecule has 0 fully saturated rings. The second-order valence-electron chi connectivity index (χ2n) is 7.16. The van der Waals surface area contributed by atoms with Crippen molar-refractivity contribution in [3.8, 4) is 0 Å². The van der Waals surface area contributed by atoms with Crippen molar-refractivity contribution in [1.29, 1.82) is 0 Å². The van der Waals surface area contributed by atoms with Gasteiger partial charge in [-0.1, -0.05) is 48.5 Å². The smallest absolute Gasteiger partial charge is 0.275 e. The van der Waals surface area contributed by atoms with Gasteiger partial charge in [0.15, 0.2) is 6.54 Å². The van der Waals surface area contributed by atoms with Crippen molar-refractivity contribution < 1.29 is 10.1 Å². The first-order chi connectivity index (χ1) is 12.1. The average molecular weight is 337 g/mol. The molecule has 1 aliphatic carbocycles. The van der Waals surface area contributed by atoms with Crippen LogP contribution in [0.2, 0.25) is 0 Å². The fraction of sp³-hybridized carbons (Fsp3) is 0.409. The van der Waals surface area contributed by atoms with Crippen LogP contribution in [0.15, 0.2) is 48.5 Å². The molecule has 25 heavy (non-hydrogen) atoms. The molecule has 0 spiro atoms. The van der Waals surface area contributed by atoms with Crippen LogP contribution in [0.5, 0.6) is 0 Å². The maximum atomic E-state index is 12.3. The lowest BCUT2D eigenvalue weighted by Gasteiger charge is -2.20. The third kappa shape index (κ3) is 4.70. The third-order valence-electron chi connectivity index (χ3n) is 5.23. The van der Waals surface area contributed by atoms with Gasteiger partial charge in [0.05, 0.1) is 6.04 Å². The van der Waals surface area contributed by atoms with Crippen LogP contribution in [0.1, 0.15) is 61.0 Å². The molecular formula is C22H29N2O+. The molecule has 1 amide bonds. The number of aryl methyl sites for hydroxylation is 2. The summed E-state index contributed by atoms with van der Waals surface area (Å²) in [5.41, 5.74) is 5.41. The molecule has 0 saturated heterocycles. The molecule has 0 aliphatic heterocycles. The van der Waals surface area contributed by atoms with Crippen molar-refractivity contribution >= 4 is 5.91 Å². The van der Waals surface area contributed by atoms with Crippen molar-refractivity contribution in [1.82, 2.24) is 5.32 Å². The Kier molecular flexibility index (Phi) is 5.87. The number of carbonyl (C=O) groups is 1. The summed E-state index contributed by atoms with van der Waals surface area (Å²) in [4.78, 5) is 12.3. The van der Waals surface area contributed by atoms with E-state index < -0.39 is 0 Å². The van der Waals surface area contributed by atoms with Crippen molar-refractivity contribution in [2.75, 3.05) is 6.54 Å². The number of benzene rings is 2. The van der Waals surface area contributed by atoms with Gasteiger partial charge in [-0.25, -0.2) is 0 Å². The van der Waals surface area contributed by atoms with Gasteiger partial charge in [0, 0.05) is 5.56 Å². The Labute approximate surface area is 150 Å². The quantitative estimate of drug-likeness (QED) is 0.836. The number of hydrogen-bond donors (Lipinski definition) is 2. The van der Waals surface area contributed by atoms with E-state index in [1.54, 1.807) is 0 Å². The van der Waals surface area contributed by atoms with Gasteiger partial charge in [0.2, 0.25) is 0 Å². The molecule has 3 heteroatoms. The number of carbonyl (C=O) groups excluding carboxylic acids is 1. The maximum absolute atomic E-state index is 12.3. The minimum absolute atomic E-state index is 0.0557. The normalized spacial score (nSPS) is 15.9. The molecule has 3 nitrogen and oxygen atoms in total. The predicted octanol–water partition coefficient (Wildman–Crippen LogP) is 3.07. The first-order valence-electron chi connectivity index (χ1n) is 9.43. The van der Waals surface area contributed by atoms with Gasteiger partial charge in [-0.15, -0.1) is 0 Å². The lowest BCUT2D eigenvalue weighted by molar-refractivity contribution is -0.682. The van der Waals surface area contributed by atoms with Gasteiger partial charge in [-0.3, -0.25) is 4.79 Å². The third-order valence-corrected chi connectivity index (χ3v) is 5.23. The summed E-state index contributed by atoms with van der Waals surface area (Å²) in [7, 11) is 0. The van der Waals surface area contributed by atoms with Crippen LogP contribution < -0.4 is 10.6 Å². The van der Waals surface area contributed by atoms with Gasteiger partial charge in [0.1, 0.15) is 6.04 Å². The average Bonchev–Trinajstić information content (AvgIpc) is 2.66. The Morgan fingerprint density at radius 3 is 2.48 bits per heavy atom. The highest BCUT2D eigenvalue weighted by Crippen LogP contribution is 2.24. The Hall–Kier alpha value is -2.13. The van der Waals surface area contributed by atoms with Gasteiger partial charge < -0.3 is 10.6 Å². The van der Waals surface area contributed by atoms with E-state index in [1.165, 1.54) is 47.9 Å². The molecule has 0 saturated carbocycles. The van der Waals surface area contributed by atoms with Crippen molar-refractivity contribution in [3.05, 3.63) is 70.8 Å². The molecule has 2 aromatic rings. The van der Waals surface area contributed by atoms with E-state index >= 15 is 0 Å². The summed E-state index contributed by atoms with van der Waals surface area (Å²) in [5.74, 6) is 0.0907. The van der Waals surface area contributed by atoms with Gasteiger partial charge in [0.25, 0.3) is 5.91 Å². The lowest BCUT2D eigenvalue weighted by Crippen LogP contribution is -2.87. The number of nitrogens with one attached hydrogen (secondary N) is 1. The second-order valence-corrected chi connectivity index (χ2v) is 7.16. The summed E-state index contributed by atoms with van der Waals surface area (Å²) in [6.07, 6.45) is 4.95. The fourth-order valence-electron chi connectivity index (χ4n) is 3.58. The molecule has 3 N–H and O–H groups in total. The Morgan fingerprint density at radius 2 is 1.72 bits per heavy atom. The zero-order valence-electron chi connectivity index (χ0n) is 15.3. The van der Waals surface area contributed by atoms with Gasteiger partial charge >= 0.3 is 0 Å². The molecule has 0 heterocycles. The van der Waals surface area contributed by atoms with E-state index in [0.29, 0.717) is 6.54 Å². The van der Waals surface area contributed by atoms with Crippen molar-refractivity contribution in [2.24, 2.45) is 0 Å². The van der Waals surface area contributed by atoms with E-state index in [4.69, 9.17) is 0 Å². The number of rotatable bonds is 6. The van der Waals surface area contributed by atoms with Crippen LogP contribution in [0.25, 0.3) is 0 Å². The minimum atomic E-state index is 0.0557. The van der Waals surface area contributed by atoms with Crippen LogP contribution >= 0.6 is 0 Å². The molecule has 0 aromatic heterocycles. The van der Waals surface area contributed by atoms with Crippen LogP contribution in [0, 0.1) is 0 Å². The highest BCUT2D eigenvalue weighted by atomic mass is 16.1. The Morgan fingerprint density at radius 1 is 1.00 bits per heavy atom. The van der Waals surface area contributed by atoms with Crippen LogP contribution in [0.3, 0.4) is 0 Å². The first kappa shape index (κ1) is 17.7. The van der Waals surface area contributed by atoms with Crippen LogP contribution in [-0.2, 0) is 17.6 Å². The predicted molar refractivity (Wildman–Crippen MR) is 101 cm³/mol. The van der Waals surface area contributed by atoms with Crippen molar-refractivity contribution in [3.63, 3.8) is 0 Å². The SMILES string of the molecule is C[C@H](NC(=O)C[NH2+][C@H](C)c1ccccc1)c1ccc2c(c1)CCCC2. The molecule has 0 bridgehead atoms. The molecular weight excluding hydrogens is 308 g/mol. The first-order valence-corrected chi connectivity index (χ1v) is 9.43. The minimum Gasteiger partial charge on any atom is -0.345 e. The Bertz CT molecular complexity index is 711. The monoisotopic (exact) mass is 337 g/mol. The topological polar surface area (TPSA) is 45.7 Å². The van der Waals surface area contributed by atoms with E-state index in [9.17, 15) is 4.79 Å². The Balaban J connectivity index is 1.52. The molecule has 2 aromatic carbocycles. The highest BCUT2D eigenvalue weighted by molar-refractivity contribution is 5.77. The lowest BCUT2D eigenvalue weighted by atomic mass is 9.89. The zero-order valence-corrected chi connectivity index (χ0v) is 15.3. The molecule has 0 unspecified atom stereocenters. The second kappa shape index (κ2) is 8.30. The molecule has 3 rings (SSSR count). The van der Waals surface area contributed by atoms with Crippen LogP contribution in [0.4, 0.5) is 0 Å². The fourth-order valence-corrected chi connectivity index (χ4v) is 3.58. The molecule has 2 atom stereocenters. The van der Waals surface area contributed by atoms with Gasteiger partial charge in [-0.2, -0.15) is 0 Å². The largest absolute Gasteiger partial charge is 0.345 e. The van der Waals surface area contributed by atoms with E-state index in [-0.39, 0.29) is 18.0 Å². The number of amides is 1. The summed E-state index contributed by atoms with van der Waals surface area (Å²) >= 11 is 0. The van der Waals surface area contributed by atoms with Crippen LogP contribution in [-0.4, -0.2) is 12.5 Å². The zero-order chi connectivity index (χ0) is 17.6. The summed E-state index contributed by atoms with van der Waals surface area (Å²) < 4.78 is 0. The summed E-state index contributed by atoms with van der Waals surface area (Å²) in [5, 5.41) is 5.23. The molecule has 132 valence electrons. The number of hydrogen-bond acceptors (Lipinski definition) is 1. The highest BCUT2D eigenvalue weighted by Gasteiger charge is 2.16. The van der Waals surface area contributed by atoms with Crippen molar-refractivity contribution in [2.45, 2.75) is 51.6 Å². The molecule has 0 radical (unpaired) electrons. The number of nitrogens with two attached hydrogens (primary N) is 1. The molecule has 1 aliphatic rings. The summed E-state index contributed by atoms with van der Waals surface area (Å²) in [6.45, 7) is 4.66.